The minimum atomic E-state index is -1.15. The van der Waals surface area contributed by atoms with Crippen molar-refractivity contribution in [3.63, 3.8) is 0 Å². The molecule has 1 aliphatic carbocycles. The number of nitrogens with one attached hydrogen (secondary N) is 1. The van der Waals surface area contributed by atoms with Gasteiger partial charge in [-0.2, -0.15) is 0 Å². The Bertz CT molecular complexity index is 452. The van der Waals surface area contributed by atoms with E-state index in [1.807, 2.05) is 31.2 Å². The monoisotopic (exact) mass is 290 g/mol. The predicted molar refractivity (Wildman–Crippen MR) is 85.0 cm³/mol. The number of anilines is 1. The average Bonchev–Trinajstić information content (AvgIpc) is 2.49. The Balaban J connectivity index is 1.84. The number of aliphatic hydroxyl groups excluding tert-OH is 1. The van der Waals surface area contributed by atoms with Gasteiger partial charge in [0, 0.05) is 11.7 Å². The summed E-state index contributed by atoms with van der Waals surface area (Å²) in [5.41, 5.74) is 7.83. The Kier molecular flexibility index (Phi) is 5.76. The zero-order valence-electron chi connectivity index (χ0n) is 12.7. The summed E-state index contributed by atoms with van der Waals surface area (Å²) in [5, 5.41) is 12.8. The van der Waals surface area contributed by atoms with Crippen molar-refractivity contribution >= 4 is 11.6 Å². The van der Waals surface area contributed by atoms with Crippen LogP contribution >= 0.6 is 0 Å². The van der Waals surface area contributed by atoms with Gasteiger partial charge in [0.05, 0.1) is 0 Å². The van der Waals surface area contributed by atoms with E-state index in [0.717, 1.165) is 12.0 Å². The van der Waals surface area contributed by atoms with E-state index in [1.165, 1.54) is 32.1 Å². The zero-order chi connectivity index (χ0) is 15.2. The van der Waals surface area contributed by atoms with Crippen LogP contribution in [0.25, 0.3) is 0 Å². The number of rotatable bonds is 5. The van der Waals surface area contributed by atoms with Gasteiger partial charge in [-0.05, 0) is 31.4 Å². The Labute approximate surface area is 126 Å². The summed E-state index contributed by atoms with van der Waals surface area (Å²) < 4.78 is 0. The van der Waals surface area contributed by atoms with Crippen molar-refractivity contribution in [1.82, 2.24) is 0 Å². The molecule has 1 amide bonds. The molecule has 0 aliphatic heterocycles. The number of nitrogens with two attached hydrogens (primary N) is 1. The SMILES string of the molecule is Cc1ccc(NC(=O)C(O)C(N)CC2CCCCC2)cc1. The summed E-state index contributed by atoms with van der Waals surface area (Å²) in [4.78, 5) is 12.0. The third-order valence-corrected chi connectivity index (χ3v) is 4.32. The van der Waals surface area contributed by atoms with Gasteiger partial charge in [0.25, 0.3) is 5.91 Å². The first-order chi connectivity index (χ1) is 10.1. The normalized spacial score (nSPS) is 19.0. The molecule has 2 atom stereocenters. The van der Waals surface area contributed by atoms with Crippen LogP contribution in [-0.2, 0) is 4.79 Å². The molecule has 1 aromatic carbocycles. The van der Waals surface area contributed by atoms with Crippen LogP contribution in [0.3, 0.4) is 0 Å². The van der Waals surface area contributed by atoms with E-state index in [2.05, 4.69) is 5.32 Å². The predicted octanol–water partition coefficient (Wildman–Crippen LogP) is 2.59. The molecular weight excluding hydrogens is 264 g/mol. The minimum absolute atomic E-state index is 0.415. The van der Waals surface area contributed by atoms with Crippen molar-refractivity contribution in [2.24, 2.45) is 11.7 Å². The molecule has 0 aromatic heterocycles. The molecule has 2 rings (SSSR count). The molecule has 1 aliphatic rings. The molecular formula is C17H26N2O2. The molecule has 0 spiro atoms. The van der Waals surface area contributed by atoms with Crippen molar-refractivity contribution < 1.29 is 9.90 Å². The number of hydrogen-bond acceptors (Lipinski definition) is 3. The van der Waals surface area contributed by atoms with Crippen LogP contribution in [0.4, 0.5) is 5.69 Å². The lowest BCUT2D eigenvalue weighted by atomic mass is 9.84. The lowest BCUT2D eigenvalue weighted by Gasteiger charge is -2.26. The first-order valence-electron chi connectivity index (χ1n) is 7.87. The van der Waals surface area contributed by atoms with E-state index < -0.39 is 18.1 Å². The summed E-state index contributed by atoms with van der Waals surface area (Å²) in [7, 11) is 0. The number of aliphatic hydroxyl groups is 1. The maximum atomic E-state index is 12.0. The van der Waals surface area contributed by atoms with Gasteiger partial charge in [-0.25, -0.2) is 0 Å². The molecule has 1 saturated carbocycles. The van der Waals surface area contributed by atoms with Gasteiger partial charge < -0.3 is 16.2 Å². The van der Waals surface area contributed by atoms with E-state index in [-0.39, 0.29) is 0 Å². The van der Waals surface area contributed by atoms with Gasteiger partial charge in [0.1, 0.15) is 6.10 Å². The molecule has 1 aromatic rings. The average molecular weight is 290 g/mol. The van der Waals surface area contributed by atoms with E-state index >= 15 is 0 Å². The van der Waals surface area contributed by atoms with Gasteiger partial charge in [0.15, 0.2) is 0 Å². The number of amides is 1. The molecule has 116 valence electrons. The summed E-state index contributed by atoms with van der Waals surface area (Å²) >= 11 is 0. The zero-order valence-corrected chi connectivity index (χ0v) is 12.7. The van der Waals surface area contributed by atoms with Crippen molar-refractivity contribution in [2.45, 2.75) is 57.6 Å². The molecule has 4 N–H and O–H groups in total. The fourth-order valence-corrected chi connectivity index (χ4v) is 2.98. The Morgan fingerprint density at radius 1 is 1.29 bits per heavy atom. The van der Waals surface area contributed by atoms with Crippen LogP contribution < -0.4 is 11.1 Å². The molecule has 4 heteroatoms. The summed E-state index contributed by atoms with van der Waals surface area (Å²) in [6.45, 7) is 1.99. The van der Waals surface area contributed by atoms with Crippen molar-refractivity contribution in [3.8, 4) is 0 Å². The number of hydrogen-bond donors (Lipinski definition) is 3. The van der Waals surface area contributed by atoms with Crippen LogP contribution in [0.1, 0.15) is 44.1 Å². The Hall–Kier alpha value is -1.39. The minimum Gasteiger partial charge on any atom is -0.382 e. The molecule has 0 radical (unpaired) electrons. The molecule has 21 heavy (non-hydrogen) atoms. The van der Waals surface area contributed by atoms with E-state index in [9.17, 15) is 9.90 Å². The fraction of sp³-hybridized carbons (Fsp3) is 0.588. The first-order valence-corrected chi connectivity index (χ1v) is 7.87. The molecule has 0 bridgehead atoms. The third kappa shape index (κ3) is 4.83. The Morgan fingerprint density at radius 2 is 1.90 bits per heavy atom. The highest BCUT2D eigenvalue weighted by atomic mass is 16.3. The van der Waals surface area contributed by atoms with E-state index in [0.29, 0.717) is 11.6 Å². The second-order valence-electron chi connectivity index (χ2n) is 6.20. The largest absolute Gasteiger partial charge is 0.382 e. The molecule has 4 nitrogen and oxygen atoms in total. The topological polar surface area (TPSA) is 75.3 Å². The lowest BCUT2D eigenvalue weighted by molar-refractivity contribution is -0.125. The number of carbonyl (C=O) groups is 1. The van der Waals surface area contributed by atoms with Crippen LogP contribution in [-0.4, -0.2) is 23.2 Å². The van der Waals surface area contributed by atoms with Crippen molar-refractivity contribution in [1.29, 1.82) is 0 Å². The molecule has 2 unspecified atom stereocenters. The number of benzene rings is 1. The van der Waals surface area contributed by atoms with E-state index in [1.54, 1.807) is 0 Å². The van der Waals surface area contributed by atoms with Crippen LogP contribution in [0.2, 0.25) is 0 Å². The maximum Gasteiger partial charge on any atom is 0.254 e. The lowest BCUT2D eigenvalue weighted by Crippen LogP contribution is -2.44. The summed E-state index contributed by atoms with van der Waals surface area (Å²) in [6.07, 6.45) is 5.68. The maximum absolute atomic E-state index is 12.0. The molecule has 0 heterocycles. The fourth-order valence-electron chi connectivity index (χ4n) is 2.98. The van der Waals surface area contributed by atoms with Crippen LogP contribution in [0.15, 0.2) is 24.3 Å². The standard InChI is InChI=1S/C17H26N2O2/c1-12-7-9-14(10-8-12)19-17(21)16(20)15(18)11-13-5-3-2-4-6-13/h7-10,13,15-16,20H,2-6,11,18H2,1H3,(H,19,21). The quantitative estimate of drug-likeness (QED) is 0.780. The van der Waals surface area contributed by atoms with Gasteiger partial charge in [-0.1, -0.05) is 49.8 Å². The van der Waals surface area contributed by atoms with Crippen LogP contribution in [0.5, 0.6) is 0 Å². The van der Waals surface area contributed by atoms with E-state index in [4.69, 9.17) is 5.73 Å². The second-order valence-corrected chi connectivity index (χ2v) is 6.20. The van der Waals surface area contributed by atoms with Crippen LogP contribution in [0, 0.1) is 12.8 Å². The van der Waals surface area contributed by atoms with Crippen molar-refractivity contribution in [2.75, 3.05) is 5.32 Å². The smallest absolute Gasteiger partial charge is 0.254 e. The van der Waals surface area contributed by atoms with Gasteiger partial charge in [-0.3, -0.25) is 4.79 Å². The van der Waals surface area contributed by atoms with Gasteiger partial charge in [-0.15, -0.1) is 0 Å². The number of aryl methyl sites for hydroxylation is 1. The summed E-state index contributed by atoms with van der Waals surface area (Å²) in [6, 6.07) is 7.01. The van der Waals surface area contributed by atoms with Crippen molar-refractivity contribution in [3.05, 3.63) is 29.8 Å². The highest BCUT2D eigenvalue weighted by Crippen LogP contribution is 2.27. The van der Waals surface area contributed by atoms with Gasteiger partial charge >= 0.3 is 0 Å². The van der Waals surface area contributed by atoms with Gasteiger partial charge in [0.2, 0.25) is 0 Å². The number of carbonyl (C=O) groups excluding carboxylic acids is 1. The second kappa shape index (κ2) is 7.57. The highest BCUT2D eigenvalue weighted by Gasteiger charge is 2.26. The highest BCUT2D eigenvalue weighted by molar-refractivity contribution is 5.94. The Morgan fingerprint density at radius 3 is 2.52 bits per heavy atom. The first kappa shape index (κ1) is 16.0. The molecule has 1 fully saturated rings. The summed E-state index contributed by atoms with van der Waals surface area (Å²) in [5.74, 6) is 0.137. The third-order valence-electron chi connectivity index (χ3n) is 4.32. The molecule has 0 saturated heterocycles.